The summed E-state index contributed by atoms with van der Waals surface area (Å²) in [4.78, 5) is 19.3. The van der Waals surface area contributed by atoms with Crippen molar-refractivity contribution in [2.45, 2.75) is 56.2 Å². The van der Waals surface area contributed by atoms with E-state index < -0.39 is 0 Å². The summed E-state index contributed by atoms with van der Waals surface area (Å²) in [7, 11) is 0. The molecule has 1 aromatic rings. The topological polar surface area (TPSA) is 45.2 Å². The highest BCUT2D eigenvalue weighted by atomic mass is 32.2. The lowest BCUT2D eigenvalue weighted by molar-refractivity contribution is 0.0725. The van der Waals surface area contributed by atoms with Gasteiger partial charge in [-0.25, -0.2) is 4.98 Å². The van der Waals surface area contributed by atoms with Crippen molar-refractivity contribution in [3.8, 4) is 0 Å². The van der Waals surface area contributed by atoms with Crippen LogP contribution in [0.15, 0.2) is 18.3 Å². The number of likely N-dealkylation sites (tertiary alicyclic amines) is 1. The van der Waals surface area contributed by atoms with E-state index >= 15 is 0 Å². The lowest BCUT2D eigenvalue weighted by atomic mass is 9.95. The fraction of sp³-hybridized carbons (Fsp3) is 0.667. The second-order valence-electron chi connectivity index (χ2n) is 6.62. The van der Waals surface area contributed by atoms with Gasteiger partial charge in [0.15, 0.2) is 0 Å². The third kappa shape index (κ3) is 4.19. The molecule has 1 amide bonds. The maximum Gasteiger partial charge on any atom is 0.257 e. The molecule has 2 heterocycles. The van der Waals surface area contributed by atoms with Crippen LogP contribution in [0.25, 0.3) is 0 Å². The van der Waals surface area contributed by atoms with Gasteiger partial charge in [-0.2, -0.15) is 11.8 Å². The zero-order valence-corrected chi connectivity index (χ0v) is 14.8. The molecule has 23 heavy (non-hydrogen) atoms. The summed E-state index contributed by atoms with van der Waals surface area (Å²) in [6.45, 7) is 1.76. The number of hydrogen-bond donors (Lipinski definition) is 1. The first kappa shape index (κ1) is 16.6. The largest absolute Gasteiger partial charge is 0.367 e. The lowest BCUT2D eigenvalue weighted by Crippen LogP contribution is -2.36. The lowest BCUT2D eigenvalue weighted by Gasteiger charge is -2.30. The molecule has 2 fully saturated rings. The number of piperidine rings is 1. The molecule has 1 saturated heterocycles. The Bertz CT molecular complexity index is 531. The maximum absolute atomic E-state index is 12.8. The monoisotopic (exact) mass is 333 g/mol. The molecule has 1 aliphatic heterocycles. The van der Waals surface area contributed by atoms with Gasteiger partial charge in [-0.1, -0.05) is 6.42 Å². The first-order valence-electron chi connectivity index (χ1n) is 8.81. The third-order valence-corrected chi connectivity index (χ3v) is 6.08. The molecule has 2 atom stereocenters. The van der Waals surface area contributed by atoms with E-state index in [2.05, 4.69) is 16.6 Å². The molecule has 0 unspecified atom stereocenters. The van der Waals surface area contributed by atoms with E-state index in [9.17, 15) is 4.79 Å². The van der Waals surface area contributed by atoms with Gasteiger partial charge in [-0.15, -0.1) is 0 Å². The number of carbonyl (C=O) groups excluding carboxylic acids is 1. The van der Waals surface area contributed by atoms with E-state index in [0.717, 1.165) is 49.0 Å². The molecule has 1 saturated carbocycles. The Morgan fingerprint density at radius 3 is 2.87 bits per heavy atom. The summed E-state index contributed by atoms with van der Waals surface area (Å²) in [5.74, 6) is 0.910. The smallest absolute Gasteiger partial charge is 0.257 e. The second-order valence-corrected chi connectivity index (χ2v) is 7.76. The molecule has 5 heteroatoms. The minimum atomic E-state index is 0.137. The molecule has 0 aromatic carbocycles. The number of nitrogens with zero attached hydrogens (tertiary/aromatic N) is 2. The number of amides is 1. The SMILES string of the molecule is CS[C@@H]1CCC[C@@H](Nc2ncccc2C(=O)N2CCCCC2)C1. The summed E-state index contributed by atoms with van der Waals surface area (Å²) < 4.78 is 0. The zero-order valence-electron chi connectivity index (χ0n) is 14.0. The molecule has 2 aliphatic rings. The number of thioether (sulfide) groups is 1. The van der Waals surface area contributed by atoms with Crippen LogP contribution in [0.3, 0.4) is 0 Å². The Balaban J connectivity index is 1.71. The van der Waals surface area contributed by atoms with Crippen molar-refractivity contribution in [3.05, 3.63) is 23.9 Å². The van der Waals surface area contributed by atoms with Gasteiger partial charge in [0, 0.05) is 30.6 Å². The van der Waals surface area contributed by atoms with Gasteiger partial charge in [-0.05, 0) is 56.9 Å². The van der Waals surface area contributed by atoms with Crippen LogP contribution in [0.2, 0.25) is 0 Å². The van der Waals surface area contributed by atoms with Crippen LogP contribution < -0.4 is 5.32 Å². The number of anilines is 1. The highest BCUT2D eigenvalue weighted by Gasteiger charge is 2.25. The average Bonchev–Trinajstić information content (AvgIpc) is 2.62. The number of rotatable bonds is 4. The molecule has 126 valence electrons. The van der Waals surface area contributed by atoms with E-state index in [-0.39, 0.29) is 5.91 Å². The molecule has 0 spiro atoms. The molecule has 0 radical (unpaired) electrons. The van der Waals surface area contributed by atoms with E-state index in [4.69, 9.17) is 0 Å². The van der Waals surface area contributed by atoms with E-state index in [0.29, 0.717) is 6.04 Å². The first-order chi connectivity index (χ1) is 11.3. The number of pyridine rings is 1. The number of aromatic nitrogens is 1. The minimum absolute atomic E-state index is 0.137. The Labute approximate surface area is 143 Å². The van der Waals surface area contributed by atoms with Crippen LogP contribution >= 0.6 is 11.8 Å². The van der Waals surface area contributed by atoms with Gasteiger partial charge < -0.3 is 10.2 Å². The maximum atomic E-state index is 12.8. The summed E-state index contributed by atoms with van der Waals surface area (Å²) in [6, 6.07) is 4.22. The normalized spacial score (nSPS) is 25.2. The van der Waals surface area contributed by atoms with Crippen molar-refractivity contribution in [2.75, 3.05) is 24.7 Å². The summed E-state index contributed by atoms with van der Waals surface area (Å²) in [5.41, 5.74) is 0.737. The van der Waals surface area contributed by atoms with Crippen molar-refractivity contribution in [2.24, 2.45) is 0 Å². The van der Waals surface area contributed by atoms with Crippen LogP contribution in [0.1, 0.15) is 55.3 Å². The Kier molecular flexibility index (Phi) is 5.81. The summed E-state index contributed by atoms with van der Waals surface area (Å²) in [6.07, 6.45) is 12.3. The van der Waals surface area contributed by atoms with Gasteiger partial charge in [0.1, 0.15) is 5.82 Å². The molecular weight excluding hydrogens is 306 g/mol. The summed E-state index contributed by atoms with van der Waals surface area (Å²) in [5, 5.41) is 4.29. The van der Waals surface area contributed by atoms with Gasteiger partial charge in [0.05, 0.1) is 5.56 Å². The molecule has 0 bridgehead atoms. The van der Waals surface area contributed by atoms with Crippen molar-refractivity contribution in [1.29, 1.82) is 0 Å². The fourth-order valence-corrected chi connectivity index (χ4v) is 4.47. The molecule has 1 aromatic heterocycles. The zero-order chi connectivity index (χ0) is 16.1. The predicted molar refractivity (Wildman–Crippen MR) is 97.2 cm³/mol. The van der Waals surface area contributed by atoms with Crippen LogP contribution in [-0.4, -0.2) is 46.4 Å². The van der Waals surface area contributed by atoms with E-state index in [1.54, 1.807) is 6.20 Å². The third-order valence-electron chi connectivity index (χ3n) is 4.98. The first-order valence-corrected chi connectivity index (χ1v) is 10.1. The fourth-order valence-electron chi connectivity index (χ4n) is 3.64. The Hall–Kier alpha value is -1.23. The van der Waals surface area contributed by atoms with Crippen molar-refractivity contribution in [3.63, 3.8) is 0 Å². The Morgan fingerprint density at radius 1 is 1.26 bits per heavy atom. The van der Waals surface area contributed by atoms with Gasteiger partial charge in [0.25, 0.3) is 5.91 Å². The average molecular weight is 334 g/mol. The van der Waals surface area contributed by atoms with E-state index in [1.807, 2.05) is 28.8 Å². The standard InChI is InChI=1S/C18H27N3OS/c1-23-15-8-5-7-14(13-15)20-17-16(9-6-10-19-17)18(22)21-11-3-2-4-12-21/h6,9-10,14-15H,2-5,7-8,11-13H2,1H3,(H,19,20)/t14-,15-/m1/s1. The molecule has 4 nitrogen and oxygen atoms in total. The number of carbonyl (C=O) groups is 1. The predicted octanol–water partition coefficient (Wildman–Crippen LogP) is 3.79. The second kappa shape index (κ2) is 8.04. The quantitative estimate of drug-likeness (QED) is 0.910. The Morgan fingerprint density at radius 2 is 2.09 bits per heavy atom. The summed E-state index contributed by atoms with van der Waals surface area (Å²) >= 11 is 1.96. The van der Waals surface area contributed by atoms with Crippen molar-refractivity contribution in [1.82, 2.24) is 9.88 Å². The van der Waals surface area contributed by atoms with Gasteiger partial charge in [0.2, 0.25) is 0 Å². The highest BCUT2D eigenvalue weighted by Crippen LogP contribution is 2.29. The van der Waals surface area contributed by atoms with Crippen molar-refractivity contribution >= 4 is 23.5 Å². The van der Waals surface area contributed by atoms with Crippen LogP contribution in [-0.2, 0) is 0 Å². The van der Waals surface area contributed by atoms with Crippen LogP contribution in [0.4, 0.5) is 5.82 Å². The van der Waals surface area contributed by atoms with Crippen LogP contribution in [0, 0.1) is 0 Å². The highest BCUT2D eigenvalue weighted by molar-refractivity contribution is 7.99. The van der Waals surface area contributed by atoms with Crippen molar-refractivity contribution < 1.29 is 4.79 Å². The number of nitrogens with one attached hydrogen (secondary N) is 1. The molecular formula is C18H27N3OS. The van der Waals surface area contributed by atoms with Crippen LogP contribution in [0.5, 0.6) is 0 Å². The molecule has 1 aliphatic carbocycles. The van der Waals surface area contributed by atoms with Gasteiger partial charge >= 0.3 is 0 Å². The molecule has 1 N–H and O–H groups in total. The molecule has 3 rings (SSSR count). The van der Waals surface area contributed by atoms with E-state index in [1.165, 1.54) is 25.7 Å². The number of hydrogen-bond acceptors (Lipinski definition) is 4. The minimum Gasteiger partial charge on any atom is -0.367 e. The van der Waals surface area contributed by atoms with Gasteiger partial charge in [-0.3, -0.25) is 4.79 Å².